The van der Waals surface area contributed by atoms with Crippen LogP contribution in [0.25, 0.3) is 0 Å². The lowest BCUT2D eigenvalue weighted by Gasteiger charge is -2.18. The van der Waals surface area contributed by atoms with Gasteiger partial charge >= 0.3 is 0 Å². The fourth-order valence-corrected chi connectivity index (χ4v) is 5.17. The van der Waals surface area contributed by atoms with Crippen molar-refractivity contribution in [2.75, 3.05) is 0 Å². The van der Waals surface area contributed by atoms with Crippen molar-refractivity contribution in [3.63, 3.8) is 0 Å². The molecule has 3 aliphatic rings. The van der Waals surface area contributed by atoms with Gasteiger partial charge in [0.15, 0.2) is 0 Å². The van der Waals surface area contributed by atoms with E-state index < -0.39 is 0 Å². The molecule has 1 aromatic rings. The largest absolute Gasteiger partial charge is 0.310 e. The molecule has 0 saturated heterocycles. The van der Waals surface area contributed by atoms with E-state index in [-0.39, 0.29) is 11.6 Å². The van der Waals surface area contributed by atoms with Gasteiger partial charge in [-0.1, -0.05) is 0 Å². The summed E-state index contributed by atoms with van der Waals surface area (Å²) >= 11 is 0. The summed E-state index contributed by atoms with van der Waals surface area (Å²) in [6, 6.07) is 0.748. The van der Waals surface area contributed by atoms with Crippen molar-refractivity contribution in [1.82, 2.24) is 15.3 Å². The van der Waals surface area contributed by atoms with E-state index in [0.29, 0.717) is 11.9 Å². The first kappa shape index (κ1) is 12.6. The molecular weight excluding hydrogens is 250 g/mol. The van der Waals surface area contributed by atoms with Crippen LogP contribution in [0.3, 0.4) is 0 Å². The second kappa shape index (κ2) is 4.17. The minimum absolute atomic E-state index is 0.0174. The lowest BCUT2D eigenvalue weighted by atomic mass is 10.0. The highest BCUT2D eigenvalue weighted by Crippen LogP contribution is 2.65. The van der Waals surface area contributed by atoms with Gasteiger partial charge in [0.2, 0.25) is 0 Å². The molecule has 5 atom stereocenters. The Hall–Kier alpha value is -1.16. The van der Waals surface area contributed by atoms with Crippen LogP contribution in [-0.4, -0.2) is 16.0 Å². The number of fused-ring (bicyclic) bond motifs is 5. The van der Waals surface area contributed by atoms with Gasteiger partial charge in [-0.2, -0.15) is 0 Å². The van der Waals surface area contributed by atoms with Gasteiger partial charge in [0.1, 0.15) is 5.82 Å². The Morgan fingerprint density at radius 1 is 1.25 bits per heavy atom. The van der Waals surface area contributed by atoms with E-state index in [4.69, 9.17) is 0 Å². The summed E-state index contributed by atoms with van der Waals surface area (Å²) in [4.78, 5) is 19.4. The summed E-state index contributed by atoms with van der Waals surface area (Å²) in [7, 11) is 0. The molecule has 4 heteroatoms. The molecule has 2 N–H and O–H groups in total. The number of aromatic amines is 1. The number of H-pyrrole nitrogens is 1. The van der Waals surface area contributed by atoms with Crippen LogP contribution in [0.4, 0.5) is 0 Å². The Kier molecular flexibility index (Phi) is 2.62. The van der Waals surface area contributed by atoms with Crippen LogP contribution in [0.2, 0.25) is 0 Å². The molecule has 0 aromatic carbocycles. The molecule has 4 nitrogen and oxygen atoms in total. The van der Waals surface area contributed by atoms with E-state index in [1.807, 2.05) is 13.8 Å². The standard InChI is InChI=1S/C16H23N3O/c1-7-12(16(20)19-9(3)17-7)8(2)18-15-13-10-4-5-11(6-10)14(13)15/h8,10-11,13-15,18H,4-6H2,1-3H3,(H,17,19,20). The SMILES string of the molecule is Cc1nc(C)c(C(C)NC2C3C4CCC(C4)C23)c(=O)[nH]1. The highest BCUT2D eigenvalue weighted by molar-refractivity contribution is 5.23. The predicted molar refractivity (Wildman–Crippen MR) is 77.5 cm³/mol. The molecule has 5 unspecified atom stereocenters. The molecule has 2 bridgehead atoms. The maximum atomic E-state index is 12.2. The number of nitrogens with zero attached hydrogens (tertiary/aromatic N) is 1. The van der Waals surface area contributed by atoms with Crippen molar-refractivity contribution in [3.8, 4) is 0 Å². The van der Waals surface area contributed by atoms with Gasteiger partial charge in [0.05, 0.1) is 5.56 Å². The summed E-state index contributed by atoms with van der Waals surface area (Å²) in [5.74, 6) is 4.42. The fourth-order valence-electron chi connectivity index (χ4n) is 5.17. The average molecular weight is 273 g/mol. The molecule has 3 fully saturated rings. The first-order chi connectivity index (χ1) is 9.56. The molecule has 3 aliphatic carbocycles. The van der Waals surface area contributed by atoms with E-state index >= 15 is 0 Å². The second-order valence-electron chi connectivity index (χ2n) is 7.05. The first-order valence-electron chi connectivity index (χ1n) is 7.89. The third-order valence-electron chi connectivity index (χ3n) is 5.88. The summed E-state index contributed by atoms with van der Waals surface area (Å²) in [6.07, 6.45) is 4.34. The van der Waals surface area contributed by atoms with Gasteiger partial charge in [-0.25, -0.2) is 4.98 Å². The van der Waals surface area contributed by atoms with Gasteiger partial charge in [-0.05, 0) is 63.7 Å². The normalized spacial score (nSPS) is 38.9. The van der Waals surface area contributed by atoms with Crippen molar-refractivity contribution in [2.45, 2.75) is 52.1 Å². The number of hydrogen-bond acceptors (Lipinski definition) is 3. The molecule has 1 heterocycles. The van der Waals surface area contributed by atoms with Crippen molar-refractivity contribution in [2.24, 2.45) is 23.7 Å². The second-order valence-corrected chi connectivity index (χ2v) is 7.05. The van der Waals surface area contributed by atoms with Crippen LogP contribution in [-0.2, 0) is 0 Å². The van der Waals surface area contributed by atoms with Crippen LogP contribution in [0, 0.1) is 37.5 Å². The maximum Gasteiger partial charge on any atom is 0.255 e. The number of hydrogen-bond donors (Lipinski definition) is 2. The van der Waals surface area contributed by atoms with Gasteiger partial charge < -0.3 is 10.3 Å². The summed E-state index contributed by atoms with van der Waals surface area (Å²) in [5.41, 5.74) is 1.69. The molecule has 0 radical (unpaired) electrons. The molecular formula is C16H23N3O. The van der Waals surface area contributed by atoms with Crippen LogP contribution in [0.1, 0.15) is 49.3 Å². The van der Waals surface area contributed by atoms with E-state index in [9.17, 15) is 4.79 Å². The van der Waals surface area contributed by atoms with Gasteiger partial charge in [0.25, 0.3) is 5.56 Å². The van der Waals surface area contributed by atoms with E-state index in [1.54, 1.807) is 0 Å². The molecule has 20 heavy (non-hydrogen) atoms. The molecule has 108 valence electrons. The van der Waals surface area contributed by atoms with E-state index in [0.717, 1.165) is 34.9 Å². The zero-order valence-electron chi connectivity index (χ0n) is 12.4. The zero-order chi connectivity index (χ0) is 14.0. The molecule has 4 rings (SSSR count). The van der Waals surface area contributed by atoms with Crippen LogP contribution in [0.5, 0.6) is 0 Å². The molecule has 0 spiro atoms. The Balaban J connectivity index is 1.52. The lowest BCUT2D eigenvalue weighted by molar-refractivity contribution is 0.430. The highest BCUT2D eigenvalue weighted by atomic mass is 16.1. The Labute approximate surface area is 119 Å². The van der Waals surface area contributed by atoms with Crippen molar-refractivity contribution >= 4 is 0 Å². The fraction of sp³-hybridized carbons (Fsp3) is 0.750. The Morgan fingerprint density at radius 2 is 1.90 bits per heavy atom. The zero-order valence-corrected chi connectivity index (χ0v) is 12.4. The Morgan fingerprint density at radius 3 is 2.50 bits per heavy atom. The monoisotopic (exact) mass is 273 g/mol. The Bertz CT molecular complexity index is 592. The number of rotatable bonds is 3. The van der Waals surface area contributed by atoms with Crippen molar-refractivity contribution in [1.29, 1.82) is 0 Å². The average Bonchev–Trinajstić information content (AvgIpc) is 2.77. The highest BCUT2D eigenvalue weighted by Gasteiger charge is 2.64. The molecule has 3 saturated carbocycles. The minimum Gasteiger partial charge on any atom is -0.310 e. The maximum absolute atomic E-state index is 12.2. The van der Waals surface area contributed by atoms with Gasteiger partial charge in [-0.15, -0.1) is 0 Å². The van der Waals surface area contributed by atoms with Crippen molar-refractivity contribution in [3.05, 3.63) is 27.4 Å². The quantitative estimate of drug-likeness (QED) is 0.886. The van der Waals surface area contributed by atoms with Crippen LogP contribution < -0.4 is 10.9 Å². The van der Waals surface area contributed by atoms with Crippen LogP contribution in [0.15, 0.2) is 4.79 Å². The van der Waals surface area contributed by atoms with Gasteiger partial charge in [0, 0.05) is 17.8 Å². The number of aromatic nitrogens is 2. The van der Waals surface area contributed by atoms with Gasteiger partial charge in [-0.3, -0.25) is 4.79 Å². The minimum atomic E-state index is 0.0174. The van der Waals surface area contributed by atoms with E-state index in [1.165, 1.54) is 19.3 Å². The smallest absolute Gasteiger partial charge is 0.255 e. The number of aryl methyl sites for hydroxylation is 2. The third kappa shape index (κ3) is 1.70. The third-order valence-corrected chi connectivity index (χ3v) is 5.88. The molecule has 0 amide bonds. The summed E-state index contributed by atoms with van der Waals surface area (Å²) in [5, 5.41) is 3.71. The topological polar surface area (TPSA) is 57.8 Å². The first-order valence-corrected chi connectivity index (χ1v) is 7.89. The number of nitrogens with one attached hydrogen (secondary N) is 2. The molecule has 1 aromatic heterocycles. The molecule has 0 aliphatic heterocycles. The summed E-state index contributed by atoms with van der Waals surface area (Å²) in [6.45, 7) is 5.87. The van der Waals surface area contributed by atoms with E-state index in [2.05, 4.69) is 22.2 Å². The van der Waals surface area contributed by atoms with Crippen LogP contribution >= 0.6 is 0 Å². The summed E-state index contributed by atoms with van der Waals surface area (Å²) < 4.78 is 0. The van der Waals surface area contributed by atoms with Crippen molar-refractivity contribution < 1.29 is 0 Å². The lowest BCUT2D eigenvalue weighted by Crippen LogP contribution is -2.31. The predicted octanol–water partition coefficient (Wildman–Crippen LogP) is 2.08.